The Morgan fingerprint density at radius 3 is 2.31 bits per heavy atom. The van der Waals surface area contributed by atoms with Gasteiger partial charge in [-0.3, -0.25) is 0 Å². The van der Waals surface area contributed by atoms with Crippen LogP contribution in [0.2, 0.25) is 0 Å². The van der Waals surface area contributed by atoms with Crippen LogP contribution in [0.15, 0.2) is 34.6 Å². The van der Waals surface area contributed by atoms with Gasteiger partial charge in [0.05, 0.1) is 5.25 Å². The van der Waals surface area contributed by atoms with Crippen molar-refractivity contribution in [2.45, 2.75) is 28.1 Å². The van der Waals surface area contributed by atoms with Crippen LogP contribution in [-0.2, 0) is 26.9 Å². The van der Waals surface area contributed by atoms with E-state index in [1.807, 2.05) is 0 Å². The third kappa shape index (κ3) is 3.23. The van der Waals surface area contributed by atoms with Crippen LogP contribution in [0.4, 0.5) is 8.78 Å². The normalized spacial score (nSPS) is 17.5. The van der Waals surface area contributed by atoms with Crippen LogP contribution in [0, 0.1) is 11.6 Å². The first kappa shape index (κ1) is 18.9. The van der Waals surface area contributed by atoms with Crippen LogP contribution >= 0.6 is 0 Å². The molecule has 0 aliphatic carbocycles. The number of aromatic nitrogens is 3. The Bertz CT molecular complexity index is 1030. The zero-order valence-corrected chi connectivity index (χ0v) is 15.3. The highest BCUT2D eigenvalue weighted by Gasteiger charge is 2.38. The summed E-state index contributed by atoms with van der Waals surface area (Å²) >= 11 is 0. The van der Waals surface area contributed by atoms with E-state index in [9.17, 15) is 25.6 Å². The molecule has 1 aromatic heterocycles. The standard InChI is InChI=1S/C14H16F2N4O4S2/c1-19-9-17-18-14(19)25(21,22)11-4-6-20(7-5-11)26(23,24)13-3-2-10(15)8-12(13)16/h2-3,8-9,11H,4-7H2,1H3. The van der Waals surface area contributed by atoms with Crippen LogP contribution in [0.1, 0.15) is 12.8 Å². The van der Waals surface area contributed by atoms with Crippen LogP contribution in [-0.4, -0.2) is 54.2 Å². The number of halogens is 2. The number of rotatable bonds is 4. The summed E-state index contributed by atoms with van der Waals surface area (Å²) in [6, 6.07) is 2.22. The molecule has 1 aliphatic heterocycles. The van der Waals surface area contributed by atoms with Crippen molar-refractivity contribution in [2.24, 2.45) is 7.05 Å². The van der Waals surface area contributed by atoms with Gasteiger partial charge in [-0.2, -0.15) is 4.31 Å². The smallest absolute Gasteiger partial charge is 0.249 e. The number of benzene rings is 1. The third-order valence-corrected chi connectivity index (χ3v) is 8.44. The molecule has 0 N–H and O–H groups in total. The minimum absolute atomic E-state index is 0.0389. The summed E-state index contributed by atoms with van der Waals surface area (Å²) in [6.45, 7) is -0.193. The van der Waals surface area contributed by atoms with E-state index >= 15 is 0 Å². The predicted molar refractivity (Wildman–Crippen MR) is 86.3 cm³/mol. The topological polar surface area (TPSA) is 102 Å². The van der Waals surface area contributed by atoms with Crippen molar-refractivity contribution in [1.82, 2.24) is 19.1 Å². The first-order chi connectivity index (χ1) is 12.1. The molecule has 0 spiro atoms. The Morgan fingerprint density at radius 1 is 1.12 bits per heavy atom. The monoisotopic (exact) mass is 406 g/mol. The van der Waals surface area contributed by atoms with Gasteiger partial charge in [0.2, 0.25) is 25.0 Å². The van der Waals surface area contributed by atoms with E-state index < -0.39 is 41.6 Å². The van der Waals surface area contributed by atoms with Gasteiger partial charge in [-0.25, -0.2) is 25.6 Å². The molecule has 26 heavy (non-hydrogen) atoms. The minimum atomic E-state index is -4.18. The lowest BCUT2D eigenvalue weighted by atomic mass is 10.2. The molecule has 1 fully saturated rings. The Morgan fingerprint density at radius 2 is 1.77 bits per heavy atom. The largest absolute Gasteiger partial charge is 0.308 e. The molecule has 2 aromatic rings. The van der Waals surface area contributed by atoms with Gasteiger partial charge in [-0.05, 0) is 25.0 Å². The third-order valence-electron chi connectivity index (χ3n) is 4.28. The molecular formula is C14H16F2N4O4S2. The summed E-state index contributed by atoms with van der Waals surface area (Å²) in [5.41, 5.74) is 0. The van der Waals surface area contributed by atoms with Crippen molar-refractivity contribution in [3.05, 3.63) is 36.2 Å². The molecule has 1 aromatic carbocycles. The van der Waals surface area contributed by atoms with E-state index in [4.69, 9.17) is 0 Å². The van der Waals surface area contributed by atoms with E-state index in [2.05, 4.69) is 10.2 Å². The molecule has 0 atom stereocenters. The van der Waals surface area contributed by atoms with Gasteiger partial charge in [0, 0.05) is 26.2 Å². The van der Waals surface area contributed by atoms with Crippen molar-refractivity contribution in [2.75, 3.05) is 13.1 Å². The molecule has 1 aliphatic rings. The molecule has 12 heteroatoms. The lowest BCUT2D eigenvalue weighted by molar-refractivity contribution is 0.343. The average Bonchev–Trinajstić information content (AvgIpc) is 3.01. The van der Waals surface area contributed by atoms with Crippen LogP contribution < -0.4 is 0 Å². The second-order valence-electron chi connectivity index (χ2n) is 5.95. The second kappa shape index (κ2) is 6.67. The molecule has 0 unspecified atom stereocenters. The quantitative estimate of drug-likeness (QED) is 0.741. The van der Waals surface area contributed by atoms with Crippen LogP contribution in [0.25, 0.3) is 0 Å². The first-order valence-corrected chi connectivity index (χ1v) is 10.7. The lowest BCUT2D eigenvalue weighted by Crippen LogP contribution is -2.43. The molecule has 0 radical (unpaired) electrons. The molecule has 3 rings (SSSR count). The SMILES string of the molecule is Cn1cnnc1S(=O)(=O)C1CCN(S(=O)(=O)c2ccc(F)cc2F)CC1. The summed E-state index contributed by atoms with van der Waals surface area (Å²) in [5, 5.41) is 6.17. The van der Waals surface area contributed by atoms with E-state index in [0.717, 1.165) is 16.4 Å². The highest BCUT2D eigenvalue weighted by Crippen LogP contribution is 2.27. The van der Waals surface area contributed by atoms with E-state index in [-0.39, 0.29) is 31.1 Å². The maximum atomic E-state index is 13.8. The molecule has 1 saturated heterocycles. The number of nitrogens with zero attached hydrogens (tertiary/aromatic N) is 4. The zero-order valence-electron chi connectivity index (χ0n) is 13.7. The summed E-state index contributed by atoms with van der Waals surface area (Å²) in [6.07, 6.45) is 1.35. The summed E-state index contributed by atoms with van der Waals surface area (Å²) in [4.78, 5) is -0.631. The summed E-state index contributed by atoms with van der Waals surface area (Å²) in [7, 11) is -6.43. The maximum Gasteiger partial charge on any atom is 0.249 e. The summed E-state index contributed by atoms with van der Waals surface area (Å²) in [5.74, 6) is -2.06. The van der Waals surface area contributed by atoms with Crippen molar-refractivity contribution in [1.29, 1.82) is 0 Å². The van der Waals surface area contributed by atoms with E-state index in [1.165, 1.54) is 17.9 Å². The molecule has 0 amide bonds. The Hall–Kier alpha value is -1.92. The van der Waals surface area contributed by atoms with Gasteiger partial charge < -0.3 is 4.57 Å². The van der Waals surface area contributed by atoms with E-state index in [1.54, 1.807) is 0 Å². The first-order valence-electron chi connectivity index (χ1n) is 7.67. The molecule has 8 nitrogen and oxygen atoms in total. The van der Waals surface area contributed by atoms with Gasteiger partial charge >= 0.3 is 0 Å². The van der Waals surface area contributed by atoms with Crippen LogP contribution in [0.3, 0.4) is 0 Å². The zero-order chi connectivity index (χ0) is 19.1. The summed E-state index contributed by atoms with van der Waals surface area (Å²) < 4.78 is 79.4. The molecular weight excluding hydrogens is 390 g/mol. The average molecular weight is 406 g/mol. The fourth-order valence-electron chi connectivity index (χ4n) is 2.89. The fourth-order valence-corrected chi connectivity index (χ4v) is 6.14. The van der Waals surface area contributed by atoms with Gasteiger partial charge in [0.1, 0.15) is 22.9 Å². The maximum absolute atomic E-state index is 13.8. The Balaban J connectivity index is 1.79. The molecule has 2 heterocycles. The van der Waals surface area contributed by atoms with Crippen LogP contribution in [0.5, 0.6) is 0 Å². The number of hydrogen-bond acceptors (Lipinski definition) is 6. The lowest BCUT2D eigenvalue weighted by Gasteiger charge is -2.30. The highest BCUT2D eigenvalue weighted by atomic mass is 32.2. The Kier molecular flexibility index (Phi) is 4.84. The van der Waals surface area contributed by atoms with Gasteiger partial charge in [-0.15, -0.1) is 10.2 Å². The predicted octanol–water partition coefficient (Wildman–Crippen LogP) is 0.720. The number of piperidine rings is 1. The second-order valence-corrected chi connectivity index (χ2v) is 9.98. The van der Waals surface area contributed by atoms with Crippen molar-refractivity contribution >= 4 is 19.9 Å². The number of sulfone groups is 1. The number of hydrogen-bond donors (Lipinski definition) is 0. The number of sulfonamides is 1. The fraction of sp³-hybridized carbons (Fsp3) is 0.429. The van der Waals surface area contributed by atoms with Crippen molar-refractivity contribution in [3.63, 3.8) is 0 Å². The molecule has 142 valence electrons. The Labute approximate surface area is 149 Å². The molecule has 0 saturated carbocycles. The van der Waals surface area contributed by atoms with Gasteiger partial charge in [0.15, 0.2) is 0 Å². The van der Waals surface area contributed by atoms with Crippen molar-refractivity contribution < 1.29 is 25.6 Å². The highest BCUT2D eigenvalue weighted by molar-refractivity contribution is 7.92. The van der Waals surface area contributed by atoms with Crippen molar-refractivity contribution in [3.8, 4) is 0 Å². The number of aryl methyl sites for hydroxylation is 1. The minimum Gasteiger partial charge on any atom is -0.308 e. The van der Waals surface area contributed by atoms with Gasteiger partial charge in [0.25, 0.3) is 0 Å². The van der Waals surface area contributed by atoms with Gasteiger partial charge in [-0.1, -0.05) is 0 Å². The van der Waals surface area contributed by atoms with E-state index in [0.29, 0.717) is 6.07 Å². The molecule has 0 bridgehead atoms.